The highest BCUT2D eigenvalue weighted by Crippen LogP contribution is 2.31. The van der Waals surface area contributed by atoms with Crippen molar-refractivity contribution in [3.63, 3.8) is 0 Å². The summed E-state index contributed by atoms with van der Waals surface area (Å²) in [7, 11) is 0. The molecule has 4 aromatic heterocycles. The van der Waals surface area contributed by atoms with E-state index in [0.717, 1.165) is 65.9 Å². The van der Waals surface area contributed by atoms with Crippen molar-refractivity contribution in [2.45, 2.75) is 0 Å². The van der Waals surface area contributed by atoms with Crippen molar-refractivity contribution in [1.82, 2.24) is 19.9 Å². The molecule has 4 nitrogen and oxygen atoms in total. The first-order chi connectivity index (χ1) is 16.8. The maximum atomic E-state index is 4.78. The van der Waals surface area contributed by atoms with Gasteiger partial charge in [0.05, 0.1) is 22.1 Å². The number of hydrogen-bond acceptors (Lipinski definition) is 4. The van der Waals surface area contributed by atoms with Crippen LogP contribution in [0, 0.1) is 0 Å². The van der Waals surface area contributed by atoms with Crippen LogP contribution in [0.2, 0.25) is 0 Å². The number of pyridine rings is 4. The van der Waals surface area contributed by atoms with Crippen LogP contribution in [0.15, 0.2) is 110 Å². The first kappa shape index (κ1) is 18.8. The van der Waals surface area contributed by atoms with Crippen molar-refractivity contribution in [3.05, 3.63) is 110 Å². The Bertz CT molecular complexity index is 1740. The van der Waals surface area contributed by atoms with E-state index in [1.54, 1.807) is 0 Å². The highest BCUT2D eigenvalue weighted by Gasteiger charge is 2.09. The number of benzene rings is 3. The topological polar surface area (TPSA) is 51.6 Å². The van der Waals surface area contributed by atoms with Crippen LogP contribution in [-0.4, -0.2) is 19.9 Å². The third-order valence-electron chi connectivity index (χ3n) is 6.37. The van der Waals surface area contributed by atoms with Crippen molar-refractivity contribution >= 4 is 43.6 Å². The summed E-state index contributed by atoms with van der Waals surface area (Å²) < 4.78 is 0. The van der Waals surface area contributed by atoms with E-state index < -0.39 is 0 Å². The molecule has 0 saturated heterocycles. The van der Waals surface area contributed by atoms with Gasteiger partial charge in [-0.2, -0.15) is 0 Å². The van der Waals surface area contributed by atoms with Gasteiger partial charge in [-0.05, 0) is 41.5 Å². The van der Waals surface area contributed by atoms with Crippen molar-refractivity contribution in [2.24, 2.45) is 0 Å². The molecular formula is C30H18N4. The number of rotatable bonds is 2. The van der Waals surface area contributed by atoms with Crippen LogP contribution >= 0.6 is 0 Å². The van der Waals surface area contributed by atoms with Gasteiger partial charge in [-0.15, -0.1) is 0 Å². The largest absolute Gasteiger partial charge is 0.254 e. The number of aromatic nitrogens is 4. The zero-order valence-electron chi connectivity index (χ0n) is 18.2. The summed E-state index contributed by atoms with van der Waals surface area (Å²) in [6.07, 6.45) is 7.51. The normalized spacial score (nSPS) is 11.5. The Hall–Kier alpha value is -4.70. The van der Waals surface area contributed by atoms with Crippen molar-refractivity contribution in [2.75, 3.05) is 0 Å². The minimum absolute atomic E-state index is 0.928. The highest BCUT2D eigenvalue weighted by molar-refractivity contribution is 6.04. The minimum Gasteiger partial charge on any atom is -0.254 e. The van der Waals surface area contributed by atoms with Crippen molar-refractivity contribution < 1.29 is 0 Å². The van der Waals surface area contributed by atoms with E-state index in [0.29, 0.717) is 0 Å². The predicted octanol–water partition coefficient (Wildman–Crippen LogP) is 7.21. The number of hydrogen-bond donors (Lipinski definition) is 0. The van der Waals surface area contributed by atoms with Crippen LogP contribution in [0.1, 0.15) is 0 Å². The summed E-state index contributed by atoms with van der Waals surface area (Å²) in [6.45, 7) is 0. The molecule has 34 heavy (non-hydrogen) atoms. The van der Waals surface area contributed by atoms with Gasteiger partial charge in [0.25, 0.3) is 0 Å². The Morgan fingerprint density at radius 3 is 1.35 bits per heavy atom. The highest BCUT2D eigenvalue weighted by atomic mass is 14.7. The van der Waals surface area contributed by atoms with E-state index in [4.69, 9.17) is 9.97 Å². The molecular weight excluding hydrogens is 416 g/mol. The molecule has 4 heteroatoms. The predicted molar refractivity (Wildman–Crippen MR) is 139 cm³/mol. The molecule has 0 bridgehead atoms. The monoisotopic (exact) mass is 434 g/mol. The first-order valence-corrected chi connectivity index (χ1v) is 11.2. The Balaban J connectivity index is 1.32. The zero-order chi connectivity index (χ0) is 22.5. The van der Waals surface area contributed by atoms with Gasteiger partial charge in [-0.25, -0.2) is 0 Å². The lowest BCUT2D eigenvalue weighted by Gasteiger charge is -2.09. The van der Waals surface area contributed by atoms with Gasteiger partial charge in [0.15, 0.2) is 0 Å². The third kappa shape index (κ3) is 3.00. The van der Waals surface area contributed by atoms with Crippen LogP contribution in [-0.2, 0) is 0 Å². The molecule has 0 amide bonds. The average molecular weight is 435 g/mol. The summed E-state index contributed by atoms with van der Waals surface area (Å²) in [5.41, 5.74) is 8.12. The molecule has 4 heterocycles. The van der Waals surface area contributed by atoms with Crippen molar-refractivity contribution in [3.8, 4) is 22.3 Å². The lowest BCUT2D eigenvalue weighted by molar-refractivity contribution is 1.37. The van der Waals surface area contributed by atoms with E-state index >= 15 is 0 Å². The molecule has 0 saturated carbocycles. The Kier molecular flexibility index (Phi) is 4.11. The summed E-state index contributed by atoms with van der Waals surface area (Å²) in [6, 6.07) is 29.4. The van der Waals surface area contributed by atoms with Crippen molar-refractivity contribution in [1.29, 1.82) is 0 Å². The second-order valence-electron chi connectivity index (χ2n) is 8.45. The van der Waals surface area contributed by atoms with E-state index in [2.05, 4.69) is 82.8 Å². The molecule has 0 aliphatic carbocycles. The van der Waals surface area contributed by atoms with Gasteiger partial charge in [-0.1, -0.05) is 54.6 Å². The van der Waals surface area contributed by atoms with Gasteiger partial charge in [-0.3, -0.25) is 19.9 Å². The fourth-order valence-electron chi connectivity index (χ4n) is 4.67. The molecule has 0 fully saturated rings. The standard InChI is InChI=1S/C30H18N4/c1-4-21(25-15-23-10-8-19-6-2-12-31-27(19)29(23)33-17-25)14-22(5-1)26-16-24-11-9-20-7-3-13-32-28(20)30(24)34-18-26/h1-18H. The smallest absolute Gasteiger partial charge is 0.0964 e. The molecule has 0 N–H and O–H groups in total. The third-order valence-corrected chi connectivity index (χ3v) is 6.37. The first-order valence-electron chi connectivity index (χ1n) is 11.2. The van der Waals surface area contributed by atoms with Gasteiger partial charge in [0.2, 0.25) is 0 Å². The molecule has 7 rings (SSSR count). The van der Waals surface area contributed by atoms with Gasteiger partial charge in [0, 0.05) is 57.5 Å². The van der Waals surface area contributed by atoms with Gasteiger partial charge in [0.1, 0.15) is 0 Å². The maximum absolute atomic E-state index is 4.78. The molecule has 7 aromatic rings. The summed E-state index contributed by atoms with van der Waals surface area (Å²) in [5, 5.41) is 4.37. The quantitative estimate of drug-likeness (QED) is 0.270. The summed E-state index contributed by atoms with van der Waals surface area (Å²) in [4.78, 5) is 18.6. The molecule has 0 atom stereocenters. The van der Waals surface area contributed by atoms with Crippen LogP contribution in [0.3, 0.4) is 0 Å². The maximum Gasteiger partial charge on any atom is 0.0964 e. The second-order valence-corrected chi connectivity index (χ2v) is 8.45. The fraction of sp³-hybridized carbons (Fsp3) is 0. The van der Waals surface area contributed by atoms with Crippen LogP contribution in [0.5, 0.6) is 0 Å². The van der Waals surface area contributed by atoms with Crippen LogP contribution in [0.25, 0.3) is 65.9 Å². The Morgan fingerprint density at radius 2 is 0.824 bits per heavy atom. The SMILES string of the molecule is c1cc(-c2cnc3c(ccc4cccnc43)c2)cc(-c2cnc3c(ccc4cccnc43)c2)c1. The molecule has 0 aliphatic rings. The van der Waals surface area contributed by atoms with E-state index in [9.17, 15) is 0 Å². The summed E-state index contributed by atoms with van der Waals surface area (Å²) >= 11 is 0. The minimum atomic E-state index is 0.928. The zero-order valence-corrected chi connectivity index (χ0v) is 18.2. The molecule has 0 unspecified atom stereocenters. The average Bonchev–Trinajstić information content (AvgIpc) is 2.92. The van der Waals surface area contributed by atoms with Crippen LogP contribution in [0.4, 0.5) is 0 Å². The summed E-state index contributed by atoms with van der Waals surface area (Å²) in [5.74, 6) is 0. The second kappa shape index (κ2) is 7.42. The molecule has 0 aliphatic heterocycles. The van der Waals surface area contributed by atoms with E-state index in [1.165, 1.54) is 0 Å². The molecule has 158 valence electrons. The Labute approximate surface area is 195 Å². The molecule has 0 radical (unpaired) electrons. The number of nitrogens with zero attached hydrogens (tertiary/aromatic N) is 4. The van der Waals surface area contributed by atoms with Crippen LogP contribution < -0.4 is 0 Å². The number of fused-ring (bicyclic) bond motifs is 6. The fourth-order valence-corrected chi connectivity index (χ4v) is 4.67. The van der Waals surface area contributed by atoms with E-state index in [1.807, 2.05) is 36.9 Å². The molecule has 0 spiro atoms. The van der Waals surface area contributed by atoms with E-state index in [-0.39, 0.29) is 0 Å². The Morgan fingerprint density at radius 1 is 0.353 bits per heavy atom. The van der Waals surface area contributed by atoms with Gasteiger partial charge >= 0.3 is 0 Å². The molecule has 3 aromatic carbocycles. The lowest BCUT2D eigenvalue weighted by Crippen LogP contribution is -1.89. The lowest BCUT2D eigenvalue weighted by atomic mass is 9.98. The van der Waals surface area contributed by atoms with Gasteiger partial charge < -0.3 is 0 Å².